The highest BCUT2D eigenvalue weighted by Gasteiger charge is 2.35. The molecule has 1 aliphatic rings. The van der Waals surface area contributed by atoms with E-state index in [0.717, 1.165) is 4.70 Å². The fraction of sp³-hybridized carbons (Fsp3) is 0.379. The number of Topliss-reactive ketones (excluding diaryl/α,β-unsaturated/α-hetero) is 1. The summed E-state index contributed by atoms with van der Waals surface area (Å²) in [6.07, 6.45) is 1.03. The van der Waals surface area contributed by atoms with E-state index in [9.17, 15) is 19.2 Å². The monoisotopic (exact) mass is 576 g/mol. The molecule has 214 valence electrons. The second kappa shape index (κ2) is 12.0. The van der Waals surface area contributed by atoms with Crippen LogP contribution in [0, 0.1) is 11.8 Å². The van der Waals surface area contributed by atoms with E-state index in [0.29, 0.717) is 41.7 Å². The molecule has 1 fully saturated rings. The Morgan fingerprint density at radius 3 is 2.59 bits per heavy atom. The van der Waals surface area contributed by atoms with Crippen LogP contribution in [0.5, 0.6) is 5.75 Å². The molecule has 5 rings (SSSR count). The van der Waals surface area contributed by atoms with Gasteiger partial charge in [-0.15, -0.1) is 11.3 Å². The summed E-state index contributed by atoms with van der Waals surface area (Å²) in [5, 5.41) is 8.68. The zero-order valence-corrected chi connectivity index (χ0v) is 23.8. The Morgan fingerprint density at radius 1 is 1.07 bits per heavy atom. The van der Waals surface area contributed by atoms with Crippen LogP contribution in [0.4, 0.5) is 0 Å². The molecule has 1 aliphatic heterocycles. The van der Waals surface area contributed by atoms with Gasteiger partial charge in [0.25, 0.3) is 5.91 Å². The predicted octanol–water partition coefficient (Wildman–Crippen LogP) is 3.22. The summed E-state index contributed by atoms with van der Waals surface area (Å²) in [7, 11) is 1.52. The van der Waals surface area contributed by atoms with Crippen molar-refractivity contribution in [2.45, 2.75) is 45.2 Å². The van der Waals surface area contributed by atoms with Crippen LogP contribution in [0.2, 0.25) is 0 Å². The summed E-state index contributed by atoms with van der Waals surface area (Å²) >= 11 is 1.25. The number of carbonyl (C=O) groups is 4. The highest BCUT2D eigenvalue weighted by molar-refractivity contribution is 7.20. The van der Waals surface area contributed by atoms with Crippen molar-refractivity contribution < 1.29 is 23.9 Å². The number of amides is 3. The number of ketones is 1. The average Bonchev–Trinajstić information content (AvgIpc) is 3.69. The van der Waals surface area contributed by atoms with Gasteiger partial charge in [0.05, 0.1) is 28.9 Å². The Balaban J connectivity index is 1.38. The van der Waals surface area contributed by atoms with Gasteiger partial charge in [0.2, 0.25) is 17.6 Å². The van der Waals surface area contributed by atoms with Crippen LogP contribution in [0.3, 0.4) is 0 Å². The molecule has 3 amide bonds. The van der Waals surface area contributed by atoms with Crippen LogP contribution in [-0.4, -0.2) is 64.2 Å². The van der Waals surface area contributed by atoms with Crippen molar-refractivity contribution in [3.8, 4) is 5.75 Å². The zero-order valence-electron chi connectivity index (χ0n) is 23.0. The number of aromatic nitrogens is 3. The summed E-state index contributed by atoms with van der Waals surface area (Å²) in [5.41, 5.74) is 1.81. The second-order valence-corrected chi connectivity index (χ2v) is 11.6. The van der Waals surface area contributed by atoms with Gasteiger partial charge in [-0.1, -0.05) is 32.0 Å². The molecule has 2 unspecified atom stereocenters. The molecule has 0 spiro atoms. The lowest BCUT2D eigenvalue weighted by Crippen LogP contribution is -2.52. The molecule has 41 heavy (non-hydrogen) atoms. The number of benzene rings is 2. The Kier molecular flexibility index (Phi) is 8.29. The lowest BCUT2D eigenvalue weighted by Gasteiger charge is -2.24. The molecule has 0 bridgehead atoms. The molecular formula is C29H32N6O5S. The molecular weight excluding hydrogens is 544 g/mol. The molecule has 4 N–H and O–H groups in total. The standard InChI is InChI=1S/C29H32N6O5S/c1-15(2)13-20(33-28(39)25-31-18-8-6-9-21(40-3)23(18)35-25)27(38)32-19(14-16-11-12-30-26(16)37)24(36)29-34-17-7-4-5-10-22(17)41-29/h4-10,15-16,19-20H,11-14H2,1-3H3,(H,30,37)(H,31,35)(H,32,38)(H,33,39)/t16?,19?,20-/m0/s1. The minimum Gasteiger partial charge on any atom is -0.494 e. The largest absolute Gasteiger partial charge is 0.494 e. The Hall–Kier alpha value is -4.32. The maximum Gasteiger partial charge on any atom is 0.287 e. The lowest BCUT2D eigenvalue weighted by atomic mass is 9.95. The number of carbonyl (C=O) groups excluding carboxylic acids is 4. The number of aromatic amines is 1. The number of ether oxygens (including phenoxy) is 1. The van der Waals surface area contributed by atoms with Crippen molar-refractivity contribution in [2.24, 2.45) is 11.8 Å². The molecule has 0 radical (unpaired) electrons. The predicted molar refractivity (Wildman–Crippen MR) is 155 cm³/mol. The minimum absolute atomic E-state index is 0.0378. The third kappa shape index (κ3) is 6.22. The SMILES string of the molecule is COc1cccc2[nH]c(C(=O)N[C@@H](CC(C)C)C(=O)NC(CC3CCNC3=O)C(=O)c3nc4ccccc4s3)nc12. The summed E-state index contributed by atoms with van der Waals surface area (Å²) < 4.78 is 6.19. The lowest BCUT2D eigenvalue weighted by molar-refractivity contribution is -0.125. The molecule has 3 atom stereocenters. The minimum atomic E-state index is -0.987. The van der Waals surface area contributed by atoms with Crippen LogP contribution < -0.4 is 20.7 Å². The third-order valence-corrected chi connectivity index (χ3v) is 8.11. The number of hydrogen-bond acceptors (Lipinski definition) is 8. The Morgan fingerprint density at radius 2 is 1.88 bits per heavy atom. The van der Waals surface area contributed by atoms with Crippen molar-refractivity contribution in [3.05, 3.63) is 53.3 Å². The van der Waals surface area contributed by atoms with Crippen molar-refractivity contribution in [1.29, 1.82) is 0 Å². The number of methoxy groups -OCH3 is 1. The first-order chi connectivity index (χ1) is 19.7. The maximum absolute atomic E-state index is 13.7. The molecule has 3 heterocycles. The highest BCUT2D eigenvalue weighted by atomic mass is 32.1. The van der Waals surface area contributed by atoms with Gasteiger partial charge in [0.1, 0.15) is 17.3 Å². The fourth-order valence-electron chi connectivity index (χ4n) is 4.99. The number of imidazole rings is 1. The van der Waals surface area contributed by atoms with E-state index in [1.165, 1.54) is 18.4 Å². The van der Waals surface area contributed by atoms with Gasteiger partial charge in [-0.05, 0) is 49.4 Å². The summed E-state index contributed by atoms with van der Waals surface area (Å²) in [6.45, 7) is 4.39. The van der Waals surface area contributed by atoms with Crippen molar-refractivity contribution in [1.82, 2.24) is 30.9 Å². The number of para-hydroxylation sites is 2. The van der Waals surface area contributed by atoms with Crippen LogP contribution in [0.15, 0.2) is 42.5 Å². The number of nitrogens with zero attached hydrogens (tertiary/aromatic N) is 2. The molecule has 11 nitrogen and oxygen atoms in total. The highest BCUT2D eigenvalue weighted by Crippen LogP contribution is 2.26. The van der Waals surface area contributed by atoms with Crippen molar-refractivity contribution in [2.75, 3.05) is 13.7 Å². The van der Waals surface area contributed by atoms with E-state index in [2.05, 4.69) is 30.9 Å². The quantitative estimate of drug-likeness (QED) is 0.200. The van der Waals surface area contributed by atoms with Crippen LogP contribution >= 0.6 is 11.3 Å². The van der Waals surface area contributed by atoms with Gasteiger partial charge in [-0.25, -0.2) is 9.97 Å². The molecule has 12 heteroatoms. The van der Waals surface area contributed by atoms with E-state index < -0.39 is 29.8 Å². The number of H-pyrrole nitrogens is 1. The normalized spacial score (nSPS) is 16.5. The number of rotatable bonds is 11. The van der Waals surface area contributed by atoms with Gasteiger partial charge in [-0.3, -0.25) is 19.2 Å². The first kappa shape index (κ1) is 28.2. The van der Waals surface area contributed by atoms with Gasteiger partial charge >= 0.3 is 0 Å². The molecule has 4 aromatic rings. The van der Waals surface area contributed by atoms with E-state index in [-0.39, 0.29) is 34.9 Å². The number of thiazole rings is 1. The second-order valence-electron chi connectivity index (χ2n) is 10.5. The average molecular weight is 577 g/mol. The summed E-state index contributed by atoms with van der Waals surface area (Å²) in [4.78, 5) is 64.7. The van der Waals surface area contributed by atoms with E-state index in [4.69, 9.17) is 4.74 Å². The van der Waals surface area contributed by atoms with Gasteiger partial charge in [0.15, 0.2) is 10.8 Å². The first-order valence-corrected chi connectivity index (χ1v) is 14.4. The smallest absolute Gasteiger partial charge is 0.287 e. The van der Waals surface area contributed by atoms with Crippen LogP contribution in [0.25, 0.3) is 21.3 Å². The summed E-state index contributed by atoms with van der Waals surface area (Å²) in [6, 6.07) is 10.8. The Labute approximate surface area is 240 Å². The number of hydrogen-bond donors (Lipinski definition) is 4. The maximum atomic E-state index is 13.7. The topological polar surface area (TPSA) is 155 Å². The number of fused-ring (bicyclic) bond motifs is 2. The van der Waals surface area contributed by atoms with Gasteiger partial charge < -0.3 is 25.7 Å². The first-order valence-electron chi connectivity index (χ1n) is 13.5. The molecule has 2 aromatic carbocycles. The van der Waals surface area contributed by atoms with Crippen molar-refractivity contribution in [3.63, 3.8) is 0 Å². The van der Waals surface area contributed by atoms with E-state index >= 15 is 0 Å². The van der Waals surface area contributed by atoms with E-state index in [1.54, 1.807) is 18.2 Å². The van der Waals surface area contributed by atoms with Crippen molar-refractivity contribution >= 4 is 56.1 Å². The summed E-state index contributed by atoms with van der Waals surface area (Å²) in [5.74, 6) is -1.39. The van der Waals surface area contributed by atoms with Crippen LogP contribution in [0.1, 0.15) is 53.5 Å². The zero-order chi connectivity index (χ0) is 29.1. The Bertz CT molecular complexity index is 1580. The van der Waals surface area contributed by atoms with E-state index in [1.807, 2.05) is 38.1 Å². The molecule has 0 saturated carbocycles. The van der Waals surface area contributed by atoms with Gasteiger partial charge in [0, 0.05) is 12.5 Å². The van der Waals surface area contributed by atoms with Gasteiger partial charge in [-0.2, -0.15) is 0 Å². The van der Waals surface area contributed by atoms with Crippen LogP contribution in [-0.2, 0) is 9.59 Å². The third-order valence-electron chi connectivity index (χ3n) is 7.06. The molecule has 1 saturated heterocycles. The molecule has 0 aliphatic carbocycles. The number of nitrogens with one attached hydrogen (secondary N) is 4. The molecule has 2 aromatic heterocycles. The fourth-order valence-corrected chi connectivity index (χ4v) is 5.95.